The Bertz CT molecular complexity index is 1540. The largest absolute Gasteiger partial charge is 0.380 e. The second kappa shape index (κ2) is 10.3. The van der Waals surface area contributed by atoms with Gasteiger partial charge in [0.25, 0.3) is 11.8 Å². The molecule has 2 saturated heterocycles. The van der Waals surface area contributed by atoms with Crippen molar-refractivity contribution in [3.05, 3.63) is 47.3 Å². The lowest BCUT2D eigenvalue weighted by molar-refractivity contribution is -0.159. The van der Waals surface area contributed by atoms with Crippen LogP contribution in [0.25, 0.3) is 0 Å². The number of nitrogens with one attached hydrogen (secondary N) is 2. The van der Waals surface area contributed by atoms with Gasteiger partial charge in [0, 0.05) is 43.5 Å². The summed E-state index contributed by atoms with van der Waals surface area (Å²) in [5.41, 5.74) is 1.85. The van der Waals surface area contributed by atoms with Crippen molar-refractivity contribution in [3.8, 4) is 0 Å². The van der Waals surface area contributed by atoms with Gasteiger partial charge in [-0.3, -0.25) is 38.9 Å². The van der Waals surface area contributed by atoms with Crippen molar-refractivity contribution in [2.45, 2.75) is 82.8 Å². The highest BCUT2D eigenvalue weighted by molar-refractivity contribution is 6.25. The number of aromatic nitrogens is 2. The van der Waals surface area contributed by atoms with Gasteiger partial charge in [0.1, 0.15) is 6.04 Å². The van der Waals surface area contributed by atoms with Crippen LogP contribution in [0.5, 0.6) is 0 Å². The minimum atomic E-state index is -1.000. The molecule has 1 aromatic carbocycles. The van der Waals surface area contributed by atoms with Crippen molar-refractivity contribution in [2.75, 3.05) is 18.4 Å². The van der Waals surface area contributed by atoms with Crippen LogP contribution in [-0.4, -0.2) is 68.2 Å². The first kappa shape index (κ1) is 27.5. The molecule has 1 aromatic heterocycles. The van der Waals surface area contributed by atoms with Gasteiger partial charge >= 0.3 is 0 Å². The smallest absolute Gasteiger partial charge is 0.264 e. The molecule has 5 amide bonds. The van der Waals surface area contributed by atoms with E-state index < -0.39 is 29.7 Å². The molecular weight excluding hydrogens is 560 g/mol. The maximum Gasteiger partial charge on any atom is 0.264 e. The number of likely N-dealkylation sites (tertiary alicyclic amines) is 1. The molecule has 0 spiro atoms. The summed E-state index contributed by atoms with van der Waals surface area (Å²) in [7, 11) is 0. The van der Waals surface area contributed by atoms with Crippen molar-refractivity contribution in [1.82, 2.24) is 24.9 Å². The molecule has 2 aromatic rings. The van der Waals surface area contributed by atoms with Gasteiger partial charge in [-0.2, -0.15) is 5.10 Å². The topological polar surface area (TPSA) is 134 Å². The van der Waals surface area contributed by atoms with Crippen LogP contribution in [0.2, 0.25) is 0 Å². The highest BCUT2D eigenvalue weighted by atomic mass is 16.2. The first-order chi connectivity index (χ1) is 21.3. The van der Waals surface area contributed by atoms with Crippen LogP contribution in [-0.2, 0) is 20.9 Å². The summed E-state index contributed by atoms with van der Waals surface area (Å²) in [6, 6.07) is 4.28. The number of hydrogen-bond acceptors (Lipinski definition) is 7. The second-order valence-corrected chi connectivity index (χ2v) is 14.1. The number of imide groups is 2. The van der Waals surface area contributed by atoms with Gasteiger partial charge in [0.2, 0.25) is 17.7 Å². The zero-order chi connectivity index (χ0) is 30.2. The maximum atomic E-state index is 13.8. The molecule has 230 valence electrons. The highest BCUT2D eigenvalue weighted by Gasteiger charge is 2.55. The van der Waals surface area contributed by atoms with Gasteiger partial charge in [0.05, 0.1) is 28.8 Å². The fraction of sp³-hybridized carbons (Fsp3) is 0.576. The number of anilines is 1. The Hall–Kier alpha value is -4.02. The Kier molecular flexibility index (Phi) is 6.43. The van der Waals surface area contributed by atoms with Gasteiger partial charge in [-0.15, -0.1) is 0 Å². The molecule has 4 saturated carbocycles. The predicted molar refractivity (Wildman–Crippen MR) is 158 cm³/mol. The third-order valence-electron chi connectivity index (χ3n) is 11.2. The first-order valence-electron chi connectivity index (χ1n) is 16.2. The van der Waals surface area contributed by atoms with E-state index in [-0.39, 0.29) is 35.4 Å². The van der Waals surface area contributed by atoms with Crippen molar-refractivity contribution >= 4 is 35.2 Å². The number of carbonyl (C=O) groups is 5. The summed E-state index contributed by atoms with van der Waals surface area (Å²) >= 11 is 0. The Labute approximate surface area is 255 Å². The van der Waals surface area contributed by atoms with Crippen molar-refractivity contribution in [3.63, 3.8) is 0 Å². The maximum absolute atomic E-state index is 13.8. The van der Waals surface area contributed by atoms with Crippen LogP contribution in [0.1, 0.15) is 96.5 Å². The van der Waals surface area contributed by atoms with Crippen LogP contribution < -0.4 is 10.6 Å². The number of benzene rings is 1. The van der Waals surface area contributed by atoms with Crippen LogP contribution in [0.3, 0.4) is 0 Å². The number of rotatable bonds is 6. The summed E-state index contributed by atoms with van der Waals surface area (Å²) in [5, 5.41) is 10.2. The molecule has 1 atom stereocenters. The number of amides is 5. The molecule has 3 aliphatic heterocycles. The van der Waals surface area contributed by atoms with E-state index in [0.29, 0.717) is 18.1 Å². The van der Waals surface area contributed by atoms with E-state index in [1.807, 2.05) is 17.1 Å². The Morgan fingerprint density at radius 1 is 0.955 bits per heavy atom. The molecule has 44 heavy (non-hydrogen) atoms. The molecule has 11 heteroatoms. The van der Waals surface area contributed by atoms with E-state index in [0.717, 1.165) is 73.4 Å². The van der Waals surface area contributed by atoms with E-state index in [9.17, 15) is 24.0 Å². The van der Waals surface area contributed by atoms with Gasteiger partial charge in [-0.1, -0.05) is 6.07 Å². The fourth-order valence-corrected chi connectivity index (χ4v) is 9.57. The molecule has 1 unspecified atom stereocenters. The predicted octanol–water partition coefficient (Wildman–Crippen LogP) is 3.28. The summed E-state index contributed by atoms with van der Waals surface area (Å²) < 4.78 is 2.00. The Balaban J connectivity index is 0.896. The number of carbonyl (C=O) groups excluding carboxylic acids is 5. The number of hydrogen-bond donors (Lipinski definition) is 2. The Morgan fingerprint density at radius 2 is 1.66 bits per heavy atom. The van der Waals surface area contributed by atoms with Crippen LogP contribution >= 0.6 is 0 Å². The van der Waals surface area contributed by atoms with Crippen molar-refractivity contribution < 1.29 is 24.0 Å². The number of nitrogens with zero attached hydrogens (tertiary/aromatic N) is 4. The van der Waals surface area contributed by atoms with Crippen LogP contribution in [0.4, 0.5) is 5.69 Å². The van der Waals surface area contributed by atoms with Gasteiger partial charge in [0.15, 0.2) is 0 Å². The van der Waals surface area contributed by atoms with Gasteiger partial charge in [-0.25, -0.2) is 0 Å². The van der Waals surface area contributed by atoms with E-state index in [1.165, 1.54) is 19.3 Å². The lowest BCUT2D eigenvalue weighted by Crippen LogP contribution is -2.55. The Morgan fingerprint density at radius 3 is 2.34 bits per heavy atom. The first-order valence-corrected chi connectivity index (χ1v) is 16.2. The molecule has 2 N–H and O–H groups in total. The average Bonchev–Trinajstić information content (AvgIpc) is 3.58. The minimum Gasteiger partial charge on any atom is -0.380 e. The molecule has 4 aliphatic carbocycles. The second-order valence-electron chi connectivity index (χ2n) is 14.1. The molecule has 11 nitrogen and oxygen atoms in total. The molecule has 6 fully saturated rings. The summed E-state index contributed by atoms with van der Waals surface area (Å²) in [5.74, 6) is 0.621. The minimum absolute atomic E-state index is 0.0796. The third-order valence-corrected chi connectivity index (χ3v) is 11.2. The lowest BCUT2D eigenvalue weighted by atomic mass is 9.49. The molecule has 9 rings (SSSR count). The van der Waals surface area contributed by atoms with Crippen molar-refractivity contribution in [2.24, 2.45) is 23.2 Å². The number of fused-ring (bicyclic) bond motifs is 1. The van der Waals surface area contributed by atoms with Crippen molar-refractivity contribution in [1.29, 1.82) is 0 Å². The van der Waals surface area contributed by atoms with E-state index >= 15 is 0 Å². The monoisotopic (exact) mass is 598 g/mol. The zero-order valence-electron chi connectivity index (χ0n) is 24.8. The average molecular weight is 599 g/mol. The summed E-state index contributed by atoms with van der Waals surface area (Å²) in [6.45, 7) is 1.95. The molecule has 0 radical (unpaired) electrons. The molecule has 7 aliphatic rings. The third kappa shape index (κ3) is 4.45. The SMILES string of the molecule is O=C1CCC(N2C(=O)c3cccc(NCc4cnn(C5CCN(C(=O)C67CC8CC(CC(C8)C6)C7)CC5)c4)c3C2=O)C(=O)N1. The van der Waals surface area contributed by atoms with Gasteiger partial charge in [-0.05, 0) is 87.7 Å². The molecule has 4 bridgehead atoms. The summed E-state index contributed by atoms with van der Waals surface area (Å²) in [6.07, 6.45) is 13.1. The van der Waals surface area contributed by atoms with Crippen LogP contribution in [0.15, 0.2) is 30.6 Å². The highest BCUT2D eigenvalue weighted by Crippen LogP contribution is 2.60. The lowest BCUT2D eigenvalue weighted by Gasteiger charge is -2.57. The van der Waals surface area contributed by atoms with E-state index in [2.05, 4.69) is 20.6 Å². The normalized spacial score (nSPS) is 31.5. The molecular formula is C33H38N6O5. The van der Waals surface area contributed by atoms with E-state index in [1.54, 1.807) is 18.2 Å². The molecule has 4 heterocycles. The standard InChI is InChI=1S/C33H38N6O5/c40-27-5-4-26(29(41)36-27)39-30(42)24-2-1-3-25(28(24)31(39)43)34-16-22-17-35-38(18-22)23-6-8-37(9-7-23)32(44)33-13-19-10-20(14-33)12-21(11-19)15-33/h1-3,17-21,23,26,34H,4-16H2,(H,36,40,41). The van der Waals surface area contributed by atoms with Crippen LogP contribution in [0, 0.1) is 23.2 Å². The zero-order valence-corrected chi connectivity index (χ0v) is 24.8. The van der Waals surface area contributed by atoms with E-state index in [4.69, 9.17) is 0 Å². The van der Waals surface area contributed by atoms with Gasteiger partial charge < -0.3 is 10.2 Å². The fourth-order valence-electron chi connectivity index (χ4n) is 9.57. The quantitative estimate of drug-likeness (QED) is 0.488. The summed E-state index contributed by atoms with van der Waals surface area (Å²) in [4.78, 5) is 67.4. The number of piperidine rings is 2.